The van der Waals surface area contributed by atoms with Crippen molar-refractivity contribution in [1.29, 1.82) is 0 Å². The van der Waals surface area contributed by atoms with Crippen LogP contribution in [0.4, 0.5) is 0 Å². The third kappa shape index (κ3) is 3.15. The summed E-state index contributed by atoms with van der Waals surface area (Å²) >= 11 is 0. The zero-order valence-electron chi connectivity index (χ0n) is 13.8. The smallest absolute Gasteiger partial charge is 0.253 e. The molecule has 0 aliphatic carbocycles. The molecule has 1 amide bonds. The number of carbonyl (C=O) groups excluding carboxylic acids is 1. The molecule has 1 N–H and O–H groups in total. The minimum atomic E-state index is -0.331. The van der Waals surface area contributed by atoms with Gasteiger partial charge in [0.15, 0.2) is 0 Å². The minimum Gasteiger partial charge on any atom is -0.272 e. The number of hydrazone groups is 1. The number of hydrogen-bond donors (Lipinski definition) is 1. The lowest BCUT2D eigenvalue weighted by Crippen LogP contribution is -2.23. The number of benzene rings is 2. The van der Waals surface area contributed by atoms with Crippen molar-refractivity contribution in [2.45, 2.75) is 33.6 Å². The maximum absolute atomic E-state index is 12.3. The second-order valence-electron chi connectivity index (χ2n) is 6.08. The molecule has 1 aliphatic heterocycles. The lowest BCUT2D eigenvalue weighted by atomic mass is 9.85. The van der Waals surface area contributed by atoms with Gasteiger partial charge in [0.2, 0.25) is 0 Å². The molecule has 1 unspecified atom stereocenters. The van der Waals surface area contributed by atoms with Gasteiger partial charge in [-0.25, -0.2) is 5.43 Å². The molecule has 0 fully saturated rings. The number of nitrogens with zero attached hydrogens (tertiary/aromatic N) is 1. The molecule has 0 saturated heterocycles. The number of aryl methyl sites for hydroxylation is 4. The molecule has 2 aromatic carbocycles. The van der Waals surface area contributed by atoms with Crippen LogP contribution in [0.2, 0.25) is 0 Å². The van der Waals surface area contributed by atoms with Crippen molar-refractivity contribution >= 4 is 24.0 Å². The summed E-state index contributed by atoms with van der Waals surface area (Å²) in [5.41, 5.74) is 10.2. The van der Waals surface area contributed by atoms with Crippen molar-refractivity contribution in [3.8, 4) is 0 Å². The van der Waals surface area contributed by atoms with Crippen LogP contribution in [-0.4, -0.2) is 11.6 Å². The normalized spacial score (nSPS) is 16.6. The second kappa shape index (κ2) is 6.55. The van der Waals surface area contributed by atoms with Crippen LogP contribution in [0.15, 0.2) is 41.5 Å². The van der Waals surface area contributed by atoms with Gasteiger partial charge in [-0.2, -0.15) is 5.10 Å². The van der Waals surface area contributed by atoms with Gasteiger partial charge in [0.25, 0.3) is 5.91 Å². The van der Waals surface area contributed by atoms with Crippen LogP contribution in [0.5, 0.6) is 0 Å². The van der Waals surface area contributed by atoms with Crippen molar-refractivity contribution in [1.82, 2.24) is 5.43 Å². The monoisotopic (exact) mass is 328 g/mol. The van der Waals surface area contributed by atoms with Crippen molar-refractivity contribution in [2.75, 3.05) is 0 Å². The number of nitrogens with one attached hydrogen (secondary N) is 1. The fourth-order valence-corrected chi connectivity index (χ4v) is 3.12. The number of amides is 1. The van der Waals surface area contributed by atoms with Crippen LogP contribution in [0.3, 0.4) is 0 Å². The van der Waals surface area contributed by atoms with E-state index >= 15 is 0 Å². The van der Waals surface area contributed by atoms with Crippen LogP contribution in [0.25, 0.3) is 0 Å². The van der Waals surface area contributed by atoms with Crippen LogP contribution >= 0.6 is 12.4 Å². The first kappa shape index (κ1) is 17.2. The summed E-state index contributed by atoms with van der Waals surface area (Å²) in [5.74, 6) is -0.385. The van der Waals surface area contributed by atoms with E-state index in [9.17, 15) is 4.79 Å². The molecule has 0 spiro atoms. The Kier molecular flexibility index (Phi) is 4.90. The summed E-state index contributed by atoms with van der Waals surface area (Å²) < 4.78 is 0. The average Bonchev–Trinajstić information content (AvgIpc) is 2.81. The van der Waals surface area contributed by atoms with Crippen LogP contribution in [0, 0.1) is 27.7 Å². The number of rotatable bonds is 2. The van der Waals surface area contributed by atoms with Crippen LogP contribution in [-0.2, 0) is 4.79 Å². The average molecular weight is 329 g/mol. The number of hydrogen-bond acceptors (Lipinski definition) is 2. The number of halogens is 1. The molecule has 0 saturated carbocycles. The largest absolute Gasteiger partial charge is 0.272 e. The van der Waals surface area contributed by atoms with E-state index in [1.165, 1.54) is 11.1 Å². The zero-order chi connectivity index (χ0) is 15.9. The standard InChI is InChI=1S/C19H20N2O.ClH/c1-11-5-7-15(13(3)9-11)17-18(20-21-19(17)22)16-8-6-12(2)10-14(16)4;/h5-10,17H,1-4H3,(H,21,22);1H. The molecular weight excluding hydrogens is 308 g/mol. The molecule has 2 aromatic rings. The van der Waals surface area contributed by atoms with Gasteiger partial charge < -0.3 is 0 Å². The van der Waals surface area contributed by atoms with E-state index in [1.54, 1.807) is 0 Å². The summed E-state index contributed by atoms with van der Waals surface area (Å²) in [7, 11) is 0. The van der Waals surface area contributed by atoms with Crippen LogP contribution in [0.1, 0.15) is 39.3 Å². The summed E-state index contributed by atoms with van der Waals surface area (Å²) in [6.07, 6.45) is 0. The van der Waals surface area contributed by atoms with Gasteiger partial charge in [0.1, 0.15) is 5.92 Å². The zero-order valence-corrected chi connectivity index (χ0v) is 14.6. The topological polar surface area (TPSA) is 41.5 Å². The van der Waals surface area contributed by atoms with Crippen molar-refractivity contribution in [3.05, 3.63) is 69.8 Å². The molecule has 0 radical (unpaired) electrons. The predicted molar refractivity (Wildman–Crippen MR) is 96.5 cm³/mol. The van der Waals surface area contributed by atoms with Crippen molar-refractivity contribution < 1.29 is 4.79 Å². The third-order valence-electron chi connectivity index (χ3n) is 4.22. The first-order chi connectivity index (χ1) is 10.5. The van der Waals surface area contributed by atoms with Gasteiger partial charge in [0.05, 0.1) is 5.71 Å². The Morgan fingerprint density at radius 3 is 2.13 bits per heavy atom. The molecule has 4 heteroatoms. The van der Waals surface area contributed by atoms with Crippen molar-refractivity contribution in [2.24, 2.45) is 5.10 Å². The van der Waals surface area contributed by atoms with Gasteiger partial charge in [0, 0.05) is 5.56 Å². The highest BCUT2D eigenvalue weighted by atomic mass is 35.5. The number of carbonyl (C=O) groups is 1. The molecule has 1 aliphatic rings. The molecule has 120 valence electrons. The second-order valence-corrected chi connectivity index (χ2v) is 6.08. The Hall–Kier alpha value is -2.13. The molecule has 3 rings (SSSR count). The first-order valence-electron chi connectivity index (χ1n) is 7.49. The summed E-state index contributed by atoms with van der Waals surface area (Å²) in [6, 6.07) is 12.4. The molecule has 0 bridgehead atoms. The van der Waals surface area contributed by atoms with E-state index in [0.717, 1.165) is 28.0 Å². The van der Waals surface area contributed by atoms with E-state index in [-0.39, 0.29) is 24.2 Å². The lowest BCUT2D eigenvalue weighted by Gasteiger charge is -2.16. The van der Waals surface area contributed by atoms with Gasteiger partial charge in [-0.3, -0.25) is 4.79 Å². The molecule has 23 heavy (non-hydrogen) atoms. The van der Waals surface area contributed by atoms with E-state index in [1.807, 2.05) is 19.1 Å². The minimum absolute atomic E-state index is 0. The highest BCUT2D eigenvalue weighted by molar-refractivity contribution is 6.20. The molecule has 3 nitrogen and oxygen atoms in total. The lowest BCUT2D eigenvalue weighted by molar-refractivity contribution is -0.120. The Bertz CT molecular complexity index is 796. The Morgan fingerprint density at radius 2 is 1.52 bits per heavy atom. The van der Waals surface area contributed by atoms with E-state index in [2.05, 4.69) is 55.6 Å². The molecule has 1 atom stereocenters. The van der Waals surface area contributed by atoms with Gasteiger partial charge >= 0.3 is 0 Å². The maximum Gasteiger partial charge on any atom is 0.253 e. The quantitative estimate of drug-likeness (QED) is 0.890. The fraction of sp³-hybridized carbons (Fsp3) is 0.263. The Labute approximate surface area is 143 Å². The molecular formula is C19H21ClN2O. The molecule has 1 heterocycles. The van der Waals surface area contributed by atoms with Crippen molar-refractivity contribution in [3.63, 3.8) is 0 Å². The van der Waals surface area contributed by atoms with Gasteiger partial charge in [-0.05, 0) is 44.4 Å². The van der Waals surface area contributed by atoms with E-state index < -0.39 is 0 Å². The predicted octanol–water partition coefficient (Wildman–Crippen LogP) is 3.96. The summed E-state index contributed by atoms with van der Waals surface area (Å²) in [5, 5.41) is 4.32. The Balaban J connectivity index is 0.00000192. The summed E-state index contributed by atoms with van der Waals surface area (Å²) in [6.45, 7) is 8.24. The van der Waals surface area contributed by atoms with E-state index in [4.69, 9.17) is 0 Å². The highest BCUT2D eigenvalue weighted by Gasteiger charge is 2.34. The third-order valence-corrected chi connectivity index (χ3v) is 4.22. The first-order valence-corrected chi connectivity index (χ1v) is 7.49. The fourth-order valence-electron chi connectivity index (χ4n) is 3.12. The maximum atomic E-state index is 12.3. The Morgan fingerprint density at radius 1 is 0.913 bits per heavy atom. The summed E-state index contributed by atoms with van der Waals surface area (Å²) in [4.78, 5) is 12.3. The van der Waals surface area contributed by atoms with Gasteiger partial charge in [-0.15, -0.1) is 12.4 Å². The van der Waals surface area contributed by atoms with Crippen LogP contribution < -0.4 is 5.43 Å². The highest BCUT2D eigenvalue weighted by Crippen LogP contribution is 2.30. The van der Waals surface area contributed by atoms with Gasteiger partial charge in [-0.1, -0.05) is 47.5 Å². The molecule has 0 aromatic heterocycles. The SMILES string of the molecule is Cc1ccc(C2=NNC(=O)C2c2ccc(C)cc2C)c(C)c1.Cl. The van der Waals surface area contributed by atoms with E-state index in [0.29, 0.717) is 0 Å².